The maximum atomic E-state index is 12.2. The van der Waals surface area contributed by atoms with E-state index in [1.807, 2.05) is 37.3 Å². The summed E-state index contributed by atoms with van der Waals surface area (Å²) in [5, 5.41) is 19.0. The van der Waals surface area contributed by atoms with E-state index in [1.54, 1.807) is 6.92 Å². The molecule has 0 bridgehead atoms. The third kappa shape index (κ3) is 2.85. The molecular weight excluding hydrogens is 256 g/mol. The van der Waals surface area contributed by atoms with Gasteiger partial charge in [-0.25, -0.2) is 4.98 Å². The Morgan fingerprint density at radius 2 is 2.10 bits per heavy atom. The van der Waals surface area contributed by atoms with Gasteiger partial charge in [0.1, 0.15) is 5.82 Å². The number of benzene rings is 1. The largest absolute Gasteiger partial charge is 0.394 e. The number of rotatable bonds is 5. The van der Waals surface area contributed by atoms with Crippen LogP contribution in [-0.2, 0) is 12.0 Å². The first kappa shape index (κ1) is 14.2. The standard InChI is InChI=1S/C14H18N4O2/c1-3-11-15-12(18-17-11)13(20)16-14(2,9-19)10-7-5-4-6-8-10/h4-8,19H,3,9H2,1-2H3,(H,16,20)(H,15,17,18). The Kier molecular flexibility index (Phi) is 4.14. The van der Waals surface area contributed by atoms with Gasteiger partial charge in [0, 0.05) is 6.42 Å². The Balaban J connectivity index is 2.19. The van der Waals surface area contributed by atoms with Crippen molar-refractivity contribution in [1.29, 1.82) is 0 Å². The van der Waals surface area contributed by atoms with Crippen molar-refractivity contribution < 1.29 is 9.90 Å². The van der Waals surface area contributed by atoms with E-state index in [9.17, 15) is 9.90 Å². The van der Waals surface area contributed by atoms with Crippen LogP contribution in [0.5, 0.6) is 0 Å². The molecule has 0 aliphatic carbocycles. The normalized spacial score (nSPS) is 13.8. The van der Waals surface area contributed by atoms with Crippen molar-refractivity contribution >= 4 is 5.91 Å². The molecule has 1 amide bonds. The van der Waals surface area contributed by atoms with Gasteiger partial charge in [0.25, 0.3) is 5.91 Å². The van der Waals surface area contributed by atoms with Crippen LogP contribution in [0.1, 0.15) is 35.9 Å². The molecule has 1 aromatic carbocycles. The number of aliphatic hydroxyl groups excluding tert-OH is 1. The van der Waals surface area contributed by atoms with E-state index in [-0.39, 0.29) is 12.4 Å². The van der Waals surface area contributed by atoms with Crippen LogP contribution in [0.4, 0.5) is 0 Å². The van der Waals surface area contributed by atoms with Crippen molar-refractivity contribution in [1.82, 2.24) is 20.5 Å². The minimum absolute atomic E-state index is 0.0810. The number of carbonyl (C=O) groups is 1. The van der Waals surface area contributed by atoms with Crippen molar-refractivity contribution in [2.75, 3.05) is 6.61 Å². The number of nitrogens with one attached hydrogen (secondary N) is 2. The first-order valence-corrected chi connectivity index (χ1v) is 6.49. The lowest BCUT2D eigenvalue weighted by atomic mass is 9.93. The number of H-pyrrole nitrogens is 1. The van der Waals surface area contributed by atoms with Gasteiger partial charge >= 0.3 is 0 Å². The van der Waals surface area contributed by atoms with Crippen LogP contribution >= 0.6 is 0 Å². The van der Waals surface area contributed by atoms with Gasteiger partial charge in [0.05, 0.1) is 12.1 Å². The Morgan fingerprint density at radius 3 is 2.65 bits per heavy atom. The number of aryl methyl sites for hydroxylation is 1. The zero-order valence-corrected chi connectivity index (χ0v) is 11.6. The predicted molar refractivity (Wildman–Crippen MR) is 74.1 cm³/mol. The van der Waals surface area contributed by atoms with E-state index in [4.69, 9.17) is 0 Å². The number of hydrogen-bond acceptors (Lipinski definition) is 4. The van der Waals surface area contributed by atoms with Crippen molar-refractivity contribution in [3.8, 4) is 0 Å². The summed E-state index contributed by atoms with van der Waals surface area (Å²) in [6.45, 7) is 3.46. The van der Waals surface area contributed by atoms with Crippen molar-refractivity contribution in [3.63, 3.8) is 0 Å². The average molecular weight is 274 g/mol. The smallest absolute Gasteiger partial charge is 0.291 e. The number of nitrogens with zero attached hydrogens (tertiary/aromatic N) is 2. The molecule has 20 heavy (non-hydrogen) atoms. The number of aliphatic hydroxyl groups is 1. The molecule has 2 aromatic rings. The Morgan fingerprint density at radius 1 is 1.40 bits per heavy atom. The number of hydrogen-bond donors (Lipinski definition) is 3. The second kappa shape index (κ2) is 5.83. The molecule has 1 atom stereocenters. The monoisotopic (exact) mass is 274 g/mol. The minimum atomic E-state index is -0.870. The summed E-state index contributed by atoms with van der Waals surface area (Å²) in [5.41, 5.74) is -0.0483. The summed E-state index contributed by atoms with van der Waals surface area (Å²) in [6.07, 6.45) is 0.677. The molecule has 0 aliphatic heterocycles. The molecule has 0 spiro atoms. The molecular formula is C14H18N4O2. The zero-order valence-electron chi connectivity index (χ0n) is 11.6. The fourth-order valence-corrected chi connectivity index (χ4v) is 1.87. The van der Waals surface area contributed by atoms with Gasteiger partial charge in [-0.3, -0.25) is 9.89 Å². The SMILES string of the molecule is CCc1nc(C(=O)NC(C)(CO)c2ccccc2)n[nH]1. The second-order valence-electron chi connectivity index (χ2n) is 4.77. The fraction of sp³-hybridized carbons (Fsp3) is 0.357. The molecule has 0 fully saturated rings. The molecule has 1 unspecified atom stereocenters. The third-order valence-corrected chi connectivity index (χ3v) is 3.19. The highest BCUT2D eigenvalue weighted by atomic mass is 16.3. The maximum absolute atomic E-state index is 12.2. The number of aromatic amines is 1. The maximum Gasteiger partial charge on any atom is 0.291 e. The molecule has 3 N–H and O–H groups in total. The molecule has 0 saturated carbocycles. The summed E-state index contributed by atoms with van der Waals surface area (Å²) in [7, 11) is 0. The molecule has 0 radical (unpaired) electrons. The van der Waals surface area contributed by atoms with Crippen LogP contribution in [0.3, 0.4) is 0 Å². The van der Waals surface area contributed by atoms with E-state index in [2.05, 4.69) is 20.5 Å². The van der Waals surface area contributed by atoms with Crippen LogP contribution in [0.25, 0.3) is 0 Å². The van der Waals surface area contributed by atoms with Crippen molar-refractivity contribution in [2.45, 2.75) is 25.8 Å². The summed E-state index contributed by atoms with van der Waals surface area (Å²) in [4.78, 5) is 16.2. The first-order chi connectivity index (χ1) is 9.59. The quantitative estimate of drug-likeness (QED) is 0.758. The number of aromatic nitrogens is 3. The zero-order chi connectivity index (χ0) is 14.6. The van der Waals surface area contributed by atoms with E-state index in [0.29, 0.717) is 12.2 Å². The summed E-state index contributed by atoms with van der Waals surface area (Å²) >= 11 is 0. The fourth-order valence-electron chi connectivity index (χ4n) is 1.87. The summed E-state index contributed by atoms with van der Waals surface area (Å²) in [6, 6.07) is 9.30. The molecule has 0 aliphatic rings. The van der Waals surface area contributed by atoms with Gasteiger partial charge in [-0.2, -0.15) is 0 Å². The van der Waals surface area contributed by atoms with E-state index < -0.39 is 11.4 Å². The lowest BCUT2D eigenvalue weighted by Gasteiger charge is -2.28. The molecule has 2 rings (SSSR count). The van der Waals surface area contributed by atoms with E-state index >= 15 is 0 Å². The predicted octanol–water partition coefficient (Wildman–Crippen LogP) is 1.00. The Hall–Kier alpha value is -2.21. The molecule has 106 valence electrons. The average Bonchev–Trinajstić information content (AvgIpc) is 2.97. The lowest BCUT2D eigenvalue weighted by molar-refractivity contribution is 0.0839. The van der Waals surface area contributed by atoms with Crippen molar-refractivity contribution in [2.24, 2.45) is 0 Å². The molecule has 6 nitrogen and oxygen atoms in total. The summed E-state index contributed by atoms with van der Waals surface area (Å²) < 4.78 is 0. The van der Waals surface area contributed by atoms with Gasteiger partial charge in [-0.05, 0) is 12.5 Å². The summed E-state index contributed by atoms with van der Waals surface area (Å²) in [5.74, 6) is 0.319. The van der Waals surface area contributed by atoms with Gasteiger partial charge in [0.15, 0.2) is 0 Å². The first-order valence-electron chi connectivity index (χ1n) is 6.49. The van der Waals surface area contributed by atoms with Crippen LogP contribution in [0.2, 0.25) is 0 Å². The molecule has 0 saturated heterocycles. The molecule has 6 heteroatoms. The van der Waals surface area contributed by atoms with Crippen LogP contribution in [-0.4, -0.2) is 32.8 Å². The van der Waals surface area contributed by atoms with Crippen LogP contribution in [0.15, 0.2) is 30.3 Å². The molecule has 1 aromatic heterocycles. The van der Waals surface area contributed by atoms with Gasteiger partial charge in [0.2, 0.25) is 5.82 Å². The third-order valence-electron chi connectivity index (χ3n) is 3.19. The minimum Gasteiger partial charge on any atom is -0.394 e. The van der Waals surface area contributed by atoms with Crippen LogP contribution in [0, 0.1) is 0 Å². The highest BCUT2D eigenvalue weighted by Gasteiger charge is 2.29. The highest BCUT2D eigenvalue weighted by Crippen LogP contribution is 2.20. The molecule has 1 heterocycles. The van der Waals surface area contributed by atoms with Crippen LogP contribution < -0.4 is 5.32 Å². The van der Waals surface area contributed by atoms with E-state index in [0.717, 1.165) is 5.56 Å². The Labute approximate surface area is 117 Å². The van der Waals surface area contributed by atoms with Crippen molar-refractivity contribution in [3.05, 3.63) is 47.5 Å². The number of carbonyl (C=O) groups excluding carboxylic acids is 1. The van der Waals surface area contributed by atoms with Gasteiger partial charge in [-0.15, -0.1) is 5.10 Å². The van der Waals surface area contributed by atoms with Gasteiger partial charge < -0.3 is 10.4 Å². The highest BCUT2D eigenvalue weighted by molar-refractivity contribution is 5.91. The number of amides is 1. The van der Waals surface area contributed by atoms with E-state index in [1.165, 1.54) is 0 Å². The van der Waals surface area contributed by atoms with Gasteiger partial charge in [-0.1, -0.05) is 37.3 Å². The second-order valence-corrected chi connectivity index (χ2v) is 4.77. The Bertz CT molecular complexity index is 582. The lowest BCUT2D eigenvalue weighted by Crippen LogP contribution is -2.46. The topological polar surface area (TPSA) is 90.9 Å².